The molecule has 0 heterocycles. The van der Waals surface area contributed by atoms with Crippen LogP contribution in [-0.2, 0) is 16.0 Å². The Morgan fingerprint density at radius 1 is 1.41 bits per heavy atom. The number of aliphatic carboxylic acids is 1. The van der Waals surface area contributed by atoms with E-state index < -0.39 is 17.9 Å². The van der Waals surface area contributed by atoms with Gasteiger partial charge in [0.1, 0.15) is 6.04 Å². The Morgan fingerprint density at radius 2 is 2.06 bits per heavy atom. The SMILES string of the molecule is C[C@@H](NC(=O)Cc1ccc(Cl)cc1Cl)C(=O)O. The summed E-state index contributed by atoms with van der Waals surface area (Å²) in [5.74, 6) is -1.48. The van der Waals surface area contributed by atoms with E-state index in [0.29, 0.717) is 15.6 Å². The van der Waals surface area contributed by atoms with Crippen LogP contribution in [0.25, 0.3) is 0 Å². The van der Waals surface area contributed by atoms with Gasteiger partial charge in [0.05, 0.1) is 6.42 Å². The van der Waals surface area contributed by atoms with Crippen molar-refractivity contribution in [2.75, 3.05) is 0 Å². The Hall–Kier alpha value is -1.26. The number of carboxylic acid groups (broad SMARTS) is 1. The van der Waals surface area contributed by atoms with Crippen LogP contribution in [0.2, 0.25) is 10.0 Å². The molecule has 1 aromatic carbocycles. The summed E-state index contributed by atoms with van der Waals surface area (Å²) in [5, 5.41) is 11.8. The first kappa shape index (κ1) is 13.8. The maximum atomic E-state index is 11.5. The summed E-state index contributed by atoms with van der Waals surface area (Å²) < 4.78 is 0. The molecule has 0 aliphatic heterocycles. The lowest BCUT2D eigenvalue weighted by Crippen LogP contribution is -2.39. The lowest BCUT2D eigenvalue weighted by Gasteiger charge is -2.10. The largest absolute Gasteiger partial charge is 0.480 e. The molecule has 0 radical (unpaired) electrons. The van der Waals surface area contributed by atoms with Gasteiger partial charge in [0, 0.05) is 10.0 Å². The molecule has 1 amide bonds. The molecule has 1 atom stereocenters. The molecule has 0 unspecified atom stereocenters. The van der Waals surface area contributed by atoms with E-state index in [1.165, 1.54) is 13.0 Å². The molecule has 4 nitrogen and oxygen atoms in total. The second kappa shape index (κ2) is 5.89. The molecule has 0 saturated carbocycles. The predicted octanol–water partition coefficient (Wildman–Crippen LogP) is 2.13. The molecule has 0 aromatic heterocycles. The maximum absolute atomic E-state index is 11.5. The fourth-order valence-electron chi connectivity index (χ4n) is 1.19. The zero-order valence-corrected chi connectivity index (χ0v) is 10.5. The van der Waals surface area contributed by atoms with E-state index in [0.717, 1.165) is 0 Å². The molecule has 0 aliphatic carbocycles. The smallest absolute Gasteiger partial charge is 0.325 e. The topological polar surface area (TPSA) is 66.4 Å². The predicted molar refractivity (Wildman–Crippen MR) is 65.4 cm³/mol. The van der Waals surface area contributed by atoms with Crippen molar-refractivity contribution in [2.24, 2.45) is 0 Å². The van der Waals surface area contributed by atoms with Crippen LogP contribution in [0.1, 0.15) is 12.5 Å². The highest BCUT2D eigenvalue weighted by molar-refractivity contribution is 6.35. The van der Waals surface area contributed by atoms with Crippen LogP contribution in [0.3, 0.4) is 0 Å². The van der Waals surface area contributed by atoms with E-state index in [-0.39, 0.29) is 6.42 Å². The first-order valence-corrected chi connectivity index (χ1v) is 5.62. The number of rotatable bonds is 4. The molecule has 2 N–H and O–H groups in total. The van der Waals surface area contributed by atoms with Crippen molar-refractivity contribution in [3.8, 4) is 0 Å². The van der Waals surface area contributed by atoms with E-state index in [9.17, 15) is 9.59 Å². The quantitative estimate of drug-likeness (QED) is 0.885. The fraction of sp³-hybridized carbons (Fsp3) is 0.273. The molecule has 1 rings (SSSR count). The van der Waals surface area contributed by atoms with Crippen LogP contribution in [0, 0.1) is 0 Å². The Kier molecular flexibility index (Phi) is 4.78. The van der Waals surface area contributed by atoms with Crippen molar-refractivity contribution in [3.05, 3.63) is 33.8 Å². The third kappa shape index (κ3) is 4.24. The summed E-state index contributed by atoms with van der Waals surface area (Å²) in [6.07, 6.45) is 0.0215. The number of carbonyl (C=O) groups is 2. The van der Waals surface area contributed by atoms with Crippen LogP contribution >= 0.6 is 23.2 Å². The van der Waals surface area contributed by atoms with Gasteiger partial charge in [-0.15, -0.1) is 0 Å². The Balaban J connectivity index is 2.65. The molecular weight excluding hydrogens is 265 g/mol. The van der Waals surface area contributed by atoms with E-state index >= 15 is 0 Å². The zero-order chi connectivity index (χ0) is 13.0. The second-order valence-electron chi connectivity index (χ2n) is 3.54. The number of benzene rings is 1. The molecule has 6 heteroatoms. The summed E-state index contributed by atoms with van der Waals surface area (Å²) in [6, 6.07) is 3.87. The first-order valence-electron chi connectivity index (χ1n) is 4.86. The molecular formula is C11H11Cl2NO3. The first-order chi connectivity index (χ1) is 7.90. The highest BCUT2D eigenvalue weighted by atomic mass is 35.5. The third-order valence-corrected chi connectivity index (χ3v) is 2.70. The number of hydrogen-bond acceptors (Lipinski definition) is 2. The van der Waals surface area contributed by atoms with Gasteiger partial charge in [-0.1, -0.05) is 29.3 Å². The third-order valence-electron chi connectivity index (χ3n) is 2.11. The van der Waals surface area contributed by atoms with Crippen LogP contribution in [-0.4, -0.2) is 23.0 Å². The van der Waals surface area contributed by atoms with Gasteiger partial charge in [-0.3, -0.25) is 9.59 Å². The standard InChI is InChI=1S/C11H11Cl2NO3/c1-6(11(16)17)14-10(15)4-7-2-3-8(12)5-9(7)13/h2-3,5-6H,4H2,1H3,(H,14,15)(H,16,17)/t6-/m1/s1. The summed E-state index contributed by atoms with van der Waals surface area (Å²) in [4.78, 5) is 22.0. The van der Waals surface area contributed by atoms with E-state index in [4.69, 9.17) is 28.3 Å². The van der Waals surface area contributed by atoms with Gasteiger partial charge in [0.25, 0.3) is 0 Å². The minimum absolute atomic E-state index is 0.0215. The van der Waals surface area contributed by atoms with Gasteiger partial charge < -0.3 is 10.4 Å². The summed E-state index contributed by atoms with van der Waals surface area (Å²) in [5.41, 5.74) is 0.603. The summed E-state index contributed by atoms with van der Waals surface area (Å²) >= 11 is 11.6. The monoisotopic (exact) mass is 275 g/mol. The van der Waals surface area contributed by atoms with Gasteiger partial charge in [0.15, 0.2) is 0 Å². The molecule has 0 spiro atoms. The molecule has 0 saturated heterocycles. The number of carboxylic acids is 1. The van der Waals surface area contributed by atoms with E-state index in [2.05, 4.69) is 5.32 Å². The molecule has 17 heavy (non-hydrogen) atoms. The van der Waals surface area contributed by atoms with E-state index in [1.807, 2.05) is 0 Å². The number of carbonyl (C=O) groups excluding carboxylic acids is 1. The Labute approximate surface area is 109 Å². The Morgan fingerprint density at radius 3 is 2.59 bits per heavy atom. The van der Waals surface area contributed by atoms with Crippen molar-refractivity contribution in [2.45, 2.75) is 19.4 Å². The van der Waals surface area contributed by atoms with Gasteiger partial charge in [-0.2, -0.15) is 0 Å². The Bertz CT molecular complexity index is 448. The maximum Gasteiger partial charge on any atom is 0.325 e. The zero-order valence-electron chi connectivity index (χ0n) is 9.04. The van der Waals surface area contributed by atoms with Crippen molar-refractivity contribution in [1.82, 2.24) is 5.32 Å². The van der Waals surface area contributed by atoms with Crippen LogP contribution in [0.5, 0.6) is 0 Å². The number of halogens is 2. The molecule has 92 valence electrons. The minimum atomic E-state index is -1.08. The second-order valence-corrected chi connectivity index (χ2v) is 4.38. The number of amides is 1. The highest BCUT2D eigenvalue weighted by Gasteiger charge is 2.15. The van der Waals surface area contributed by atoms with Gasteiger partial charge >= 0.3 is 5.97 Å². The molecule has 0 aliphatic rings. The average molecular weight is 276 g/mol. The van der Waals surface area contributed by atoms with Gasteiger partial charge in [-0.05, 0) is 24.6 Å². The van der Waals surface area contributed by atoms with Crippen molar-refractivity contribution in [1.29, 1.82) is 0 Å². The highest BCUT2D eigenvalue weighted by Crippen LogP contribution is 2.21. The van der Waals surface area contributed by atoms with Crippen LogP contribution < -0.4 is 5.32 Å². The lowest BCUT2D eigenvalue weighted by molar-refractivity contribution is -0.141. The molecule has 1 aromatic rings. The number of hydrogen-bond donors (Lipinski definition) is 2. The number of nitrogens with one attached hydrogen (secondary N) is 1. The minimum Gasteiger partial charge on any atom is -0.480 e. The summed E-state index contributed by atoms with van der Waals surface area (Å²) in [7, 11) is 0. The van der Waals surface area contributed by atoms with E-state index in [1.54, 1.807) is 12.1 Å². The summed E-state index contributed by atoms with van der Waals surface area (Å²) in [6.45, 7) is 1.39. The van der Waals surface area contributed by atoms with Gasteiger partial charge in [0.2, 0.25) is 5.91 Å². The van der Waals surface area contributed by atoms with Gasteiger partial charge in [-0.25, -0.2) is 0 Å². The molecule has 0 bridgehead atoms. The van der Waals surface area contributed by atoms with Crippen molar-refractivity contribution < 1.29 is 14.7 Å². The average Bonchev–Trinajstić information content (AvgIpc) is 2.22. The van der Waals surface area contributed by atoms with Crippen LogP contribution in [0.4, 0.5) is 0 Å². The lowest BCUT2D eigenvalue weighted by atomic mass is 10.1. The fourth-order valence-corrected chi connectivity index (χ4v) is 1.67. The van der Waals surface area contributed by atoms with Crippen molar-refractivity contribution >= 4 is 35.1 Å². The van der Waals surface area contributed by atoms with Crippen LogP contribution in [0.15, 0.2) is 18.2 Å². The van der Waals surface area contributed by atoms with Crippen molar-refractivity contribution in [3.63, 3.8) is 0 Å². The molecule has 0 fully saturated rings. The normalized spacial score (nSPS) is 11.9.